The Labute approximate surface area is 99.8 Å². The van der Waals surface area contributed by atoms with Gasteiger partial charge < -0.3 is 19.6 Å². The molecule has 0 aliphatic carbocycles. The molecule has 17 heavy (non-hydrogen) atoms. The van der Waals surface area contributed by atoms with E-state index < -0.39 is 5.54 Å². The van der Waals surface area contributed by atoms with E-state index in [0.717, 1.165) is 5.56 Å². The van der Waals surface area contributed by atoms with E-state index in [2.05, 4.69) is 5.32 Å². The molecular formula is C12H17NO4. The summed E-state index contributed by atoms with van der Waals surface area (Å²) < 4.78 is 10.4. The normalized spacial score (nSPS) is 18.9. The van der Waals surface area contributed by atoms with Crippen LogP contribution in [0.2, 0.25) is 0 Å². The number of amides is 1. The third kappa shape index (κ3) is 2.50. The number of hydrogen-bond donors (Lipinski definition) is 2. The largest absolute Gasteiger partial charge is 0.459 e. The molecule has 1 aliphatic rings. The molecule has 2 heterocycles. The van der Waals surface area contributed by atoms with Gasteiger partial charge in [-0.1, -0.05) is 0 Å². The minimum absolute atomic E-state index is 0.0815. The molecule has 2 rings (SSSR count). The van der Waals surface area contributed by atoms with Crippen LogP contribution in [0.3, 0.4) is 0 Å². The molecule has 5 nitrogen and oxygen atoms in total. The van der Waals surface area contributed by atoms with Gasteiger partial charge in [0, 0.05) is 18.8 Å². The van der Waals surface area contributed by atoms with E-state index >= 15 is 0 Å². The number of aliphatic hydroxyl groups is 1. The van der Waals surface area contributed by atoms with Crippen LogP contribution in [0.4, 0.5) is 0 Å². The Kier molecular flexibility index (Phi) is 3.49. The van der Waals surface area contributed by atoms with E-state index in [1.165, 1.54) is 6.26 Å². The first-order valence-electron chi connectivity index (χ1n) is 5.72. The van der Waals surface area contributed by atoms with Gasteiger partial charge in [-0.2, -0.15) is 0 Å². The quantitative estimate of drug-likeness (QED) is 0.820. The fourth-order valence-electron chi connectivity index (χ4n) is 1.99. The van der Waals surface area contributed by atoms with E-state index in [4.69, 9.17) is 9.15 Å². The van der Waals surface area contributed by atoms with Gasteiger partial charge in [-0.05, 0) is 25.8 Å². The van der Waals surface area contributed by atoms with Crippen LogP contribution in [0, 0.1) is 6.92 Å². The molecule has 2 N–H and O–H groups in total. The van der Waals surface area contributed by atoms with Crippen molar-refractivity contribution >= 4 is 5.91 Å². The number of carbonyl (C=O) groups excluding carboxylic acids is 1. The van der Waals surface area contributed by atoms with Crippen LogP contribution < -0.4 is 5.32 Å². The Balaban J connectivity index is 2.08. The molecule has 0 spiro atoms. The van der Waals surface area contributed by atoms with Crippen molar-refractivity contribution in [3.05, 3.63) is 23.7 Å². The van der Waals surface area contributed by atoms with Gasteiger partial charge >= 0.3 is 0 Å². The molecule has 1 aromatic rings. The fourth-order valence-corrected chi connectivity index (χ4v) is 1.99. The highest BCUT2D eigenvalue weighted by atomic mass is 16.5. The van der Waals surface area contributed by atoms with Crippen molar-refractivity contribution in [3.63, 3.8) is 0 Å². The third-order valence-electron chi connectivity index (χ3n) is 3.20. The Bertz CT molecular complexity index is 393. The Morgan fingerprint density at radius 1 is 1.53 bits per heavy atom. The molecule has 94 valence electrons. The van der Waals surface area contributed by atoms with Gasteiger partial charge in [-0.15, -0.1) is 0 Å². The highest BCUT2D eigenvalue weighted by Crippen LogP contribution is 2.21. The summed E-state index contributed by atoms with van der Waals surface area (Å²) in [6, 6.07) is 1.74. The molecule has 1 amide bonds. The molecule has 1 saturated heterocycles. The lowest BCUT2D eigenvalue weighted by atomic mass is 9.91. The highest BCUT2D eigenvalue weighted by molar-refractivity contribution is 5.93. The van der Waals surface area contributed by atoms with Crippen molar-refractivity contribution in [1.29, 1.82) is 0 Å². The van der Waals surface area contributed by atoms with Crippen LogP contribution in [-0.4, -0.2) is 36.4 Å². The van der Waals surface area contributed by atoms with Gasteiger partial charge in [-0.3, -0.25) is 4.79 Å². The summed E-state index contributed by atoms with van der Waals surface area (Å²) in [6.45, 7) is 2.84. The number of aryl methyl sites for hydroxylation is 1. The maximum absolute atomic E-state index is 12.0. The summed E-state index contributed by atoms with van der Waals surface area (Å²) in [4.78, 5) is 12.0. The first-order valence-corrected chi connectivity index (χ1v) is 5.72. The Hall–Kier alpha value is -1.33. The zero-order chi connectivity index (χ0) is 12.3. The van der Waals surface area contributed by atoms with Gasteiger partial charge in [0.1, 0.15) is 0 Å². The molecule has 0 saturated carbocycles. The third-order valence-corrected chi connectivity index (χ3v) is 3.20. The summed E-state index contributed by atoms with van der Waals surface area (Å²) >= 11 is 0. The monoisotopic (exact) mass is 239 g/mol. The van der Waals surface area contributed by atoms with Crippen LogP contribution in [0.15, 0.2) is 16.7 Å². The molecule has 1 aliphatic heterocycles. The smallest absolute Gasteiger partial charge is 0.287 e. The molecule has 0 radical (unpaired) electrons. The highest BCUT2D eigenvalue weighted by Gasteiger charge is 2.34. The molecule has 5 heteroatoms. The zero-order valence-corrected chi connectivity index (χ0v) is 9.86. The molecule has 0 bridgehead atoms. The number of nitrogens with one attached hydrogen (secondary N) is 1. The van der Waals surface area contributed by atoms with E-state index in [-0.39, 0.29) is 12.5 Å². The summed E-state index contributed by atoms with van der Waals surface area (Å²) in [5.41, 5.74) is 0.219. The maximum atomic E-state index is 12.0. The first-order chi connectivity index (χ1) is 8.17. The standard InChI is InChI=1S/C12H17NO4/c1-9-2-5-17-10(9)11(15)13-12(8-14)3-6-16-7-4-12/h2,5,14H,3-4,6-8H2,1H3,(H,13,15). The second kappa shape index (κ2) is 4.89. The van der Waals surface area contributed by atoms with E-state index in [9.17, 15) is 9.90 Å². The topological polar surface area (TPSA) is 71.7 Å². The molecule has 1 fully saturated rings. The second-order valence-electron chi connectivity index (χ2n) is 4.44. The predicted molar refractivity (Wildman–Crippen MR) is 60.8 cm³/mol. The summed E-state index contributed by atoms with van der Waals surface area (Å²) in [5, 5.41) is 12.3. The van der Waals surface area contributed by atoms with Crippen LogP contribution in [0.25, 0.3) is 0 Å². The predicted octanol–water partition coefficient (Wildman–Crippen LogP) is 0.859. The van der Waals surface area contributed by atoms with Crippen molar-refractivity contribution in [2.75, 3.05) is 19.8 Å². The van der Waals surface area contributed by atoms with Crippen LogP contribution in [-0.2, 0) is 4.74 Å². The average Bonchev–Trinajstić information content (AvgIpc) is 2.77. The number of rotatable bonds is 3. The number of furan rings is 1. The molecule has 1 aromatic heterocycles. The van der Waals surface area contributed by atoms with Crippen molar-refractivity contribution < 1.29 is 19.1 Å². The zero-order valence-electron chi connectivity index (χ0n) is 9.86. The lowest BCUT2D eigenvalue weighted by Crippen LogP contribution is -2.54. The Morgan fingerprint density at radius 2 is 2.24 bits per heavy atom. The maximum Gasteiger partial charge on any atom is 0.287 e. The minimum atomic E-state index is -0.575. The Morgan fingerprint density at radius 3 is 2.76 bits per heavy atom. The molecule has 0 unspecified atom stereocenters. The van der Waals surface area contributed by atoms with E-state index in [1.54, 1.807) is 6.07 Å². The number of ether oxygens (including phenoxy) is 1. The molecule has 0 atom stereocenters. The lowest BCUT2D eigenvalue weighted by molar-refractivity contribution is 0.0119. The average molecular weight is 239 g/mol. The lowest BCUT2D eigenvalue weighted by Gasteiger charge is -2.36. The van der Waals surface area contributed by atoms with Crippen molar-refractivity contribution in [1.82, 2.24) is 5.32 Å². The molecular weight excluding hydrogens is 222 g/mol. The van der Waals surface area contributed by atoms with Gasteiger partial charge in [0.25, 0.3) is 5.91 Å². The summed E-state index contributed by atoms with van der Waals surface area (Å²) in [6.07, 6.45) is 2.73. The summed E-state index contributed by atoms with van der Waals surface area (Å²) in [5.74, 6) is 0.0350. The van der Waals surface area contributed by atoms with Crippen LogP contribution in [0.1, 0.15) is 29.0 Å². The molecule has 0 aromatic carbocycles. The fraction of sp³-hybridized carbons (Fsp3) is 0.583. The minimum Gasteiger partial charge on any atom is -0.459 e. The number of aliphatic hydroxyl groups excluding tert-OH is 1. The van der Waals surface area contributed by atoms with Gasteiger partial charge in [0.05, 0.1) is 18.4 Å². The van der Waals surface area contributed by atoms with Crippen molar-refractivity contribution in [3.8, 4) is 0 Å². The first kappa shape index (κ1) is 12.1. The number of carbonyl (C=O) groups is 1. The van der Waals surface area contributed by atoms with Gasteiger partial charge in [-0.25, -0.2) is 0 Å². The van der Waals surface area contributed by atoms with Gasteiger partial charge in [0.15, 0.2) is 5.76 Å². The summed E-state index contributed by atoms with van der Waals surface area (Å²) in [7, 11) is 0. The second-order valence-corrected chi connectivity index (χ2v) is 4.44. The van der Waals surface area contributed by atoms with Crippen molar-refractivity contribution in [2.45, 2.75) is 25.3 Å². The SMILES string of the molecule is Cc1ccoc1C(=O)NC1(CO)CCOCC1. The van der Waals surface area contributed by atoms with Crippen LogP contribution >= 0.6 is 0 Å². The van der Waals surface area contributed by atoms with E-state index in [1.807, 2.05) is 6.92 Å². The van der Waals surface area contributed by atoms with Gasteiger partial charge in [0.2, 0.25) is 0 Å². The number of hydrogen-bond acceptors (Lipinski definition) is 4. The van der Waals surface area contributed by atoms with Crippen molar-refractivity contribution in [2.24, 2.45) is 0 Å². The van der Waals surface area contributed by atoms with E-state index in [0.29, 0.717) is 31.8 Å². The van der Waals surface area contributed by atoms with Crippen LogP contribution in [0.5, 0.6) is 0 Å².